The van der Waals surface area contributed by atoms with Crippen LogP contribution in [0.1, 0.15) is 57.4 Å². The molecule has 0 unspecified atom stereocenters. The molecule has 3 rings (SSSR count). The Bertz CT molecular complexity index is 851. The third kappa shape index (κ3) is 5.04. The number of anilines is 3. The van der Waals surface area contributed by atoms with Crippen molar-refractivity contribution in [2.75, 3.05) is 24.9 Å². The molecule has 164 valence electrons. The van der Waals surface area contributed by atoms with Gasteiger partial charge in [-0.2, -0.15) is 0 Å². The summed E-state index contributed by atoms with van der Waals surface area (Å²) in [5.41, 5.74) is 5.59. The average molecular weight is 418 g/mol. The number of hydrazine groups is 1. The zero-order valence-electron chi connectivity index (χ0n) is 18.4. The average Bonchev–Trinajstić information content (AvgIpc) is 3.53. The van der Waals surface area contributed by atoms with E-state index in [1.54, 1.807) is 0 Å². The molecule has 1 saturated carbocycles. The first kappa shape index (κ1) is 22.3. The molecule has 2 aromatic rings. The molecule has 2 N–H and O–H groups in total. The van der Waals surface area contributed by atoms with E-state index in [9.17, 15) is 8.78 Å². The Hall–Kier alpha value is -2.34. The van der Waals surface area contributed by atoms with Crippen molar-refractivity contribution < 1.29 is 13.5 Å². The van der Waals surface area contributed by atoms with Crippen LogP contribution in [-0.4, -0.2) is 24.7 Å². The highest BCUT2D eigenvalue weighted by molar-refractivity contribution is 5.80. The summed E-state index contributed by atoms with van der Waals surface area (Å²) in [6.45, 7) is 4.19. The summed E-state index contributed by atoms with van der Waals surface area (Å²) in [5, 5.41) is 5.09. The number of rotatable bonds is 11. The molecule has 0 amide bonds. The van der Waals surface area contributed by atoms with E-state index in [0.29, 0.717) is 11.4 Å². The lowest BCUT2D eigenvalue weighted by Gasteiger charge is -2.31. The lowest BCUT2D eigenvalue weighted by molar-refractivity contribution is 0.245. The smallest absolute Gasteiger partial charge is 0.184 e. The van der Waals surface area contributed by atoms with Gasteiger partial charge < -0.3 is 15.5 Å². The summed E-state index contributed by atoms with van der Waals surface area (Å²) in [7, 11) is 3.44. The summed E-state index contributed by atoms with van der Waals surface area (Å²) in [5.74, 6) is -1.62. The van der Waals surface area contributed by atoms with Gasteiger partial charge in [0.15, 0.2) is 11.6 Å². The zero-order chi connectivity index (χ0) is 21.7. The molecule has 1 aliphatic rings. The summed E-state index contributed by atoms with van der Waals surface area (Å²) in [6, 6.07) is 8.62. The van der Waals surface area contributed by atoms with Crippen molar-refractivity contribution in [3.63, 3.8) is 0 Å². The van der Waals surface area contributed by atoms with Crippen molar-refractivity contribution in [3.05, 3.63) is 47.5 Å². The van der Waals surface area contributed by atoms with Gasteiger partial charge in [-0.1, -0.05) is 50.3 Å². The molecule has 0 atom stereocenters. The number of nitrogens with one attached hydrogen (secondary N) is 2. The number of ether oxygens (including phenoxy) is 1. The van der Waals surface area contributed by atoms with E-state index >= 15 is 0 Å². The lowest BCUT2D eigenvalue weighted by Crippen LogP contribution is -2.38. The third-order valence-corrected chi connectivity index (χ3v) is 6.04. The second kappa shape index (κ2) is 9.65. The van der Waals surface area contributed by atoms with Crippen molar-refractivity contribution in [3.8, 4) is 5.75 Å². The van der Waals surface area contributed by atoms with Crippen molar-refractivity contribution in [1.82, 2.24) is 5.01 Å². The molecule has 1 fully saturated rings. The Labute approximate surface area is 178 Å². The Morgan fingerprint density at radius 3 is 2.37 bits per heavy atom. The molecule has 2 aromatic carbocycles. The Kier molecular flexibility index (Phi) is 7.19. The molecule has 1 aliphatic carbocycles. The number of nitrogens with zero attached hydrogens (tertiary/aromatic N) is 1. The number of methoxy groups -OCH3 is 1. The quantitative estimate of drug-likeness (QED) is 0.312. The number of aryl methyl sites for hydroxylation is 1. The van der Waals surface area contributed by atoms with E-state index in [0.717, 1.165) is 30.9 Å². The Morgan fingerprint density at radius 1 is 1.07 bits per heavy atom. The maximum Gasteiger partial charge on any atom is 0.184 e. The van der Waals surface area contributed by atoms with Gasteiger partial charge in [0.05, 0.1) is 7.11 Å². The van der Waals surface area contributed by atoms with Gasteiger partial charge in [-0.3, -0.25) is 0 Å². The third-order valence-electron chi connectivity index (χ3n) is 6.04. The molecule has 0 aromatic heterocycles. The summed E-state index contributed by atoms with van der Waals surface area (Å²) >= 11 is 0. The summed E-state index contributed by atoms with van der Waals surface area (Å²) in [4.78, 5) is 0. The number of unbranched alkanes of at least 4 members (excludes halogenated alkanes) is 3. The van der Waals surface area contributed by atoms with Gasteiger partial charge in [0.2, 0.25) is 0 Å². The molecule has 0 saturated heterocycles. The van der Waals surface area contributed by atoms with Crippen molar-refractivity contribution in [2.24, 2.45) is 0 Å². The molecule has 6 heteroatoms. The minimum absolute atomic E-state index is 0.0457. The number of hydrogen-bond donors (Lipinski definition) is 2. The molecule has 0 bridgehead atoms. The first-order valence-corrected chi connectivity index (χ1v) is 10.8. The molecule has 0 aliphatic heterocycles. The van der Waals surface area contributed by atoms with Gasteiger partial charge in [0, 0.05) is 24.3 Å². The first-order chi connectivity index (χ1) is 14.4. The zero-order valence-corrected chi connectivity index (χ0v) is 18.4. The molecule has 4 nitrogen and oxygen atoms in total. The van der Waals surface area contributed by atoms with Gasteiger partial charge in [0.1, 0.15) is 17.1 Å². The fourth-order valence-electron chi connectivity index (χ4n) is 3.84. The van der Waals surface area contributed by atoms with E-state index < -0.39 is 11.6 Å². The highest BCUT2D eigenvalue weighted by Gasteiger charge is 2.46. The van der Waals surface area contributed by atoms with Crippen LogP contribution in [0.2, 0.25) is 0 Å². The normalized spacial score (nSPS) is 14.6. The topological polar surface area (TPSA) is 36.5 Å². The van der Waals surface area contributed by atoms with Gasteiger partial charge >= 0.3 is 0 Å². The van der Waals surface area contributed by atoms with E-state index in [-0.39, 0.29) is 17.0 Å². The fraction of sp³-hybridized carbons (Fsp3) is 0.500. The van der Waals surface area contributed by atoms with Crippen molar-refractivity contribution >= 4 is 17.1 Å². The van der Waals surface area contributed by atoms with Crippen LogP contribution in [0.3, 0.4) is 0 Å². The van der Waals surface area contributed by atoms with E-state index in [4.69, 9.17) is 4.74 Å². The lowest BCUT2D eigenvalue weighted by atomic mass is 10.1. The van der Waals surface area contributed by atoms with E-state index in [1.807, 2.05) is 38.2 Å². The minimum atomic E-state index is -0.949. The maximum atomic E-state index is 14.8. The second-order valence-electron chi connectivity index (χ2n) is 8.32. The van der Waals surface area contributed by atoms with Crippen LogP contribution in [0, 0.1) is 18.6 Å². The summed E-state index contributed by atoms with van der Waals surface area (Å²) in [6.07, 6.45) is 8.12. The predicted octanol–water partition coefficient (Wildman–Crippen LogP) is 6.79. The van der Waals surface area contributed by atoms with Gasteiger partial charge in [-0.05, 0) is 38.3 Å². The largest absolute Gasteiger partial charge is 0.494 e. The minimum Gasteiger partial charge on any atom is -0.494 e. The maximum absolute atomic E-state index is 14.8. The van der Waals surface area contributed by atoms with Crippen LogP contribution in [-0.2, 0) is 0 Å². The second-order valence-corrected chi connectivity index (χ2v) is 8.32. The first-order valence-electron chi connectivity index (χ1n) is 10.8. The number of benzene rings is 2. The Morgan fingerprint density at radius 2 is 1.77 bits per heavy atom. The van der Waals surface area contributed by atoms with Crippen molar-refractivity contribution in [1.29, 1.82) is 0 Å². The molecule has 0 spiro atoms. The fourth-order valence-corrected chi connectivity index (χ4v) is 3.84. The predicted molar refractivity (Wildman–Crippen MR) is 119 cm³/mol. The molecule has 0 heterocycles. The number of hydrogen-bond acceptors (Lipinski definition) is 4. The van der Waals surface area contributed by atoms with Gasteiger partial charge in [0.25, 0.3) is 0 Å². The molecular weight excluding hydrogens is 384 g/mol. The molecule has 30 heavy (non-hydrogen) atoms. The standard InChI is InChI=1S/C24H33F2N3O/c1-5-6-7-8-13-24(14-15-24)29(3)28-22-20(30-4)16-19(25)21(26)23(22)27-18-11-9-17(2)10-12-18/h9-12,16,27-28H,5-8,13-15H2,1-4H3. The highest BCUT2D eigenvalue weighted by Crippen LogP contribution is 2.47. The Balaban J connectivity index is 1.85. The van der Waals surface area contributed by atoms with E-state index in [1.165, 1.54) is 32.8 Å². The molecular formula is C24H33F2N3O. The van der Waals surface area contributed by atoms with Crippen LogP contribution in [0.15, 0.2) is 30.3 Å². The number of halogens is 2. The van der Waals surface area contributed by atoms with Crippen molar-refractivity contribution in [2.45, 2.75) is 64.3 Å². The van der Waals surface area contributed by atoms with Crippen LogP contribution in [0.4, 0.5) is 25.8 Å². The van der Waals surface area contributed by atoms with Gasteiger partial charge in [-0.25, -0.2) is 13.8 Å². The summed E-state index contributed by atoms with van der Waals surface area (Å²) < 4.78 is 34.5. The SMILES string of the molecule is CCCCCCC1(N(C)Nc2c(OC)cc(F)c(F)c2Nc2ccc(C)cc2)CC1. The van der Waals surface area contributed by atoms with Crippen LogP contribution >= 0.6 is 0 Å². The van der Waals surface area contributed by atoms with Crippen LogP contribution < -0.4 is 15.5 Å². The highest BCUT2D eigenvalue weighted by atomic mass is 19.2. The monoisotopic (exact) mass is 417 g/mol. The van der Waals surface area contributed by atoms with E-state index in [2.05, 4.69) is 22.7 Å². The van der Waals surface area contributed by atoms with Crippen LogP contribution in [0.5, 0.6) is 5.75 Å². The molecule has 0 radical (unpaired) electrons. The van der Waals surface area contributed by atoms with Crippen LogP contribution in [0.25, 0.3) is 0 Å². The van der Waals surface area contributed by atoms with Gasteiger partial charge in [-0.15, -0.1) is 0 Å².